The molecule has 2 aromatic rings. The van der Waals surface area contributed by atoms with Crippen LogP contribution in [0.3, 0.4) is 0 Å². The number of hydrogen-bond donors (Lipinski definition) is 3. The number of aliphatic hydroxyl groups is 1. The van der Waals surface area contributed by atoms with Gasteiger partial charge in [-0.1, -0.05) is 19.3 Å². The molecule has 0 bridgehead atoms. The Labute approximate surface area is 200 Å². The molecule has 0 amide bonds. The van der Waals surface area contributed by atoms with Crippen LogP contribution in [0.4, 0.5) is 35.0 Å². The van der Waals surface area contributed by atoms with Crippen LogP contribution in [0, 0.1) is 5.82 Å². The van der Waals surface area contributed by atoms with Crippen LogP contribution in [-0.2, 0) is 6.18 Å². The Kier molecular flexibility index (Phi) is 7.54. The molecule has 2 fully saturated rings. The highest BCUT2D eigenvalue weighted by atomic mass is 32.2. The highest BCUT2D eigenvalue weighted by Crippen LogP contribution is 2.37. The Morgan fingerprint density at radius 3 is 2.50 bits per heavy atom. The molecule has 0 unspecified atom stereocenters. The Bertz CT molecular complexity index is 988. The molecule has 0 spiro atoms. The molecular formula is C23H29F4N5OS. The average molecular weight is 500 g/mol. The predicted octanol–water partition coefficient (Wildman–Crippen LogP) is 5.66. The van der Waals surface area contributed by atoms with Gasteiger partial charge in [0.1, 0.15) is 17.2 Å². The largest absolute Gasteiger partial charge is 0.421 e. The van der Waals surface area contributed by atoms with Crippen molar-refractivity contribution in [3.63, 3.8) is 0 Å². The second-order valence-corrected chi connectivity index (χ2v) is 10.1. The molecule has 1 aliphatic carbocycles. The monoisotopic (exact) mass is 499 g/mol. The van der Waals surface area contributed by atoms with Crippen molar-refractivity contribution in [2.75, 3.05) is 23.3 Å². The molecule has 1 aliphatic heterocycles. The van der Waals surface area contributed by atoms with Gasteiger partial charge in [0.2, 0.25) is 5.95 Å². The molecule has 11 heteroatoms. The van der Waals surface area contributed by atoms with Crippen LogP contribution in [0.1, 0.15) is 57.4 Å². The molecule has 1 aromatic heterocycles. The highest BCUT2D eigenvalue weighted by molar-refractivity contribution is 7.97. The quantitative estimate of drug-likeness (QED) is 0.350. The second kappa shape index (κ2) is 10.2. The fourth-order valence-electron chi connectivity index (χ4n) is 4.23. The second-order valence-electron chi connectivity index (χ2n) is 9.23. The van der Waals surface area contributed by atoms with E-state index in [0.717, 1.165) is 12.8 Å². The van der Waals surface area contributed by atoms with E-state index in [1.165, 1.54) is 48.2 Å². The van der Waals surface area contributed by atoms with E-state index in [1.807, 2.05) is 0 Å². The zero-order valence-corrected chi connectivity index (χ0v) is 19.8. The van der Waals surface area contributed by atoms with Gasteiger partial charge in [-0.25, -0.2) is 9.37 Å². The van der Waals surface area contributed by atoms with Gasteiger partial charge in [0.05, 0.1) is 11.3 Å². The third-order valence-electron chi connectivity index (χ3n) is 6.35. The Balaban J connectivity index is 1.48. The van der Waals surface area contributed by atoms with E-state index in [2.05, 4.69) is 20.0 Å². The van der Waals surface area contributed by atoms with Gasteiger partial charge in [-0.3, -0.25) is 4.72 Å². The van der Waals surface area contributed by atoms with Crippen LogP contribution in [-0.4, -0.2) is 39.8 Å². The molecule has 4 rings (SSSR count). The van der Waals surface area contributed by atoms with E-state index in [1.54, 1.807) is 13.0 Å². The van der Waals surface area contributed by atoms with Gasteiger partial charge in [-0.15, -0.1) is 0 Å². The fourth-order valence-corrected chi connectivity index (χ4v) is 5.06. The first-order valence-electron chi connectivity index (χ1n) is 11.5. The Hall–Kier alpha value is -2.11. The molecule has 34 heavy (non-hydrogen) atoms. The molecule has 0 atom stereocenters. The number of anilines is 3. The molecule has 1 saturated heterocycles. The lowest BCUT2D eigenvalue weighted by molar-refractivity contribution is -0.137. The minimum absolute atomic E-state index is 0.0781. The van der Waals surface area contributed by atoms with Crippen LogP contribution >= 0.6 is 11.9 Å². The molecule has 2 heterocycles. The van der Waals surface area contributed by atoms with E-state index < -0.39 is 23.2 Å². The van der Waals surface area contributed by atoms with Gasteiger partial charge < -0.3 is 15.3 Å². The van der Waals surface area contributed by atoms with Gasteiger partial charge in [-0.2, -0.15) is 18.2 Å². The van der Waals surface area contributed by atoms with Crippen molar-refractivity contribution in [1.82, 2.24) is 14.7 Å². The molecule has 6 nitrogen and oxygen atoms in total. The van der Waals surface area contributed by atoms with E-state index in [9.17, 15) is 22.7 Å². The van der Waals surface area contributed by atoms with Crippen molar-refractivity contribution in [3.05, 3.63) is 35.8 Å². The first-order valence-corrected chi connectivity index (χ1v) is 12.3. The first kappa shape index (κ1) is 25.0. The van der Waals surface area contributed by atoms with Gasteiger partial charge >= 0.3 is 6.18 Å². The maximum atomic E-state index is 14.7. The van der Waals surface area contributed by atoms with Crippen LogP contribution in [0.2, 0.25) is 0 Å². The maximum absolute atomic E-state index is 14.7. The van der Waals surface area contributed by atoms with E-state index in [-0.39, 0.29) is 30.5 Å². The van der Waals surface area contributed by atoms with Crippen LogP contribution in [0.15, 0.2) is 29.3 Å². The number of halogens is 4. The normalized spacial score (nSPS) is 19.3. The summed E-state index contributed by atoms with van der Waals surface area (Å²) >= 11 is 1.38. The molecule has 0 radical (unpaired) electrons. The van der Waals surface area contributed by atoms with Crippen molar-refractivity contribution in [3.8, 4) is 0 Å². The minimum atomic E-state index is -4.64. The van der Waals surface area contributed by atoms with Crippen molar-refractivity contribution in [1.29, 1.82) is 0 Å². The van der Waals surface area contributed by atoms with Crippen molar-refractivity contribution in [2.45, 2.75) is 74.6 Å². The Morgan fingerprint density at radius 2 is 1.85 bits per heavy atom. The summed E-state index contributed by atoms with van der Waals surface area (Å²) in [6, 6.07) is 5.06. The fraction of sp³-hybridized carbons (Fsp3) is 0.565. The molecule has 1 saturated carbocycles. The molecule has 3 N–H and O–H groups in total. The summed E-state index contributed by atoms with van der Waals surface area (Å²) in [5.74, 6) is -0.945. The lowest BCUT2D eigenvalue weighted by Crippen LogP contribution is -2.43. The number of benzene rings is 1. The number of hydrogen-bond acceptors (Lipinski definition) is 7. The number of piperidine rings is 1. The maximum Gasteiger partial charge on any atom is 0.421 e. The van der Waals surface area contributed by atoms with Crippen molar-refractivity contribution >= 4 is 29.4 Å². The van der Waals surface area contributed by atoms with Gasteiger partial charge in [-0.05, 0) is 62.8 Å². The number of alkyl halides is 3. The molecule has 1 aromatic carbocycles. The summed E-state index contributed by atoms with van der Waals surface area (Å²) in [6.45, 7) is 2.11. The summed E-state index contributed by atoms with van der Waals surface area (Å²) in [5, 5.41) is 12.9. The standard InChI is InChI=1S/C23H29F4N5OS/c1-22(33)9-11-32(12-10-22)20-17(23(25,26)27)14-28-21(30-20)29-19-8-7-16(13-18(19)24)34-31-15-5-3-2-4-6-15/h7-8,13-15,31,33H,2-6,9-12H2,1H3,(H,28,29,30). The van der Waals surface area contributed by atoms with Gasteiger partial charge in [0, 0.05) is 30.2 Å². The Morgan fingerprint density at radius 1 is 1.15 bits per heavy atom. The smallest absolute Gasteiger partial charge is 0.390 e. The highest BCUT2D eigenvalue weighted by Gasteiger charge is 2.38. The van der Waals surface area contributed by atoms with Crippen LogP contribution in [0.25, 0.3) is 0 Å². The summed E-state index contributed by atoms with van der Waals surface area (Å²) in [5.41, 5.74) is -1.80. The SMILES string of the molecule is CC1(O)CCN(c2nc(Nc3ccc(SNC4CCCCC4)cc3F)ncc2C(F)(F)F)CC1. The third-order valence-corrected chi connectivity index (χ3v) is 7.29. The van der Waals surface area contributed by atoms with E-state index in [0.29, 0.717) is 30.0 Å². The predicted molar refractivity (Wildman–Crippen MR) is 125 cm³/mol. The van der Waals surface area contributed by atoms with E-state index in [4.69, 9.17) is 0 Å². The number of nitrogens with zero attached hydrogens (tertiary/aromatic N) is 3. The number of aromatic nitrogens is 2. The average Bonchev–Trinajstić information content (AvgIpc) is 2.79. The summed E-state index contributed by atoms with van der Waals surface area (Å²) in [4.78, 5) is 10.1. The van der Waals surface area contributed by atoms with Crippen molar-refractivity contribution in [2.24, 2.45) is 0 Å². The topological polar surface area (TPSA) is 73.3 Å². The molecular weight excluding hydrogens is 470 g/mol. The lowest BCUT2D eigenvalue weighted by atomic mass is 9.94. The minimum Gasteiger partial charge on any atom is -0.390 e. The van der Waals surface area contributed by atoms with Gasteiger partial charge in [0.15, 0.2) is 0 Å². The number of rotatable bonds is 6. The summed E-state index contributed by atoms with van der Waals surface area (Å²) in [7, 11) is 0. The zero-order valence-electron chi connectivity index (χ0n) is 19.0. The van der Waals surface area contributed by atoms with E-state index >= 15 is 0 Å². The van der Waals surface area contributed by atoms with Crippen molar-refractivity contribution < 1.29 is 22.7 Å². The lowest BCUT2D eigenvalue weighted by Gasteiger charge is -2.37. The first-order chi connectivity index (χ1) is 16.1. The molecule has 186 valence electrons. The zero-order chi connectivity index (χ0) is 24.3. The molecule has 2 aliphatic rings. The van der Waals surface area contributed by atoms with Crippen LogP contribution < -0.4 is 14.9 Å². The third kappa shape index (κ3) is 6.31. The summed E-state index contributed by atoms with van der Waals surface area (Å²) < 4.78 is 58.9. The van der Waals surface area contributed by atoms with Gasteiger partial charge in [0.25, 0.3) is 0 Å². The number of nitrogens with one attached hydrogen (secondary N) is 2. The van der Waals surface area contributed by atoms with Crippen LogP contribution in [0.5, 0.6) is 0 Å². The summed E-state index contributed by atoms with van der Waals surface area (Å²) in [6.07, 6.45) is 2.58.